The summed E-state index contributed by atoms with van der Waals surface area (Å²) in [6, 6.07) is 0. The molecule has 0 aliphatic heterocycles. The van der Waals surface area contributed by atoms with Gasteiger partial charge in [0.05, 0.1) is 17.3 Å². The predicted octanol–water partition coefficient (Wildman–Crippen LogP) is 1.94. The molecule has 0 aliphatic carbocycles. The number of hydrogen-bond acceptors (Lipinski definition) is 4. The number of nitrogens with zero attached hydrogens (tertiary/aromatic N) is 4. The maximum Gasteiger partial charge on any atom is 0.161 e. The summed E-state index contributed by atoms with van der Waals surface area (Å²) in [6.45, 7) is 8.56. The second-order valence-corrected chi connectivity index (χ2v) is 4.57. The maximum absolute atomic E-state index is 5.76. The van der Waals surface area contributed by atoms with Gasteiger partial charge in [-0.1, -0.05) is 0 Å². The van der Waals surface area contributed by atoms with Crippen LogP contribution in [0.1, 0.15) is 32.3 Å². The molecule has 0 amide bonds. The van der Waals surface area contributed by atoms with Crippen LogP contribution in [0.2, 0.25) is 0 Å². The number of fused-ring (bicyclic) bond motifs is 1. The van der Waals surface area contributed by atoms with Gasteiger partial charge in [0, 0.05) is 13.7 Å². The van der Waals surface area contributed by atoms with Crippen LogP contribution in [0, 0.1) is 6.92 Å². The summed E-state index contributed by atoms with van der Waals surface area (Å²) < 4.78 is 7.52. The molecule has 0 aromatic carbocycles. The van der Waals surface area contributed by atoms with Crippen LogP contribution in [-0.4, -0.2) is 26.4 Å². The Labute approximate surface area is 101 Å². The van der Waals surface area contributed by atoms with E-state index in [0.29, 0.717) is 6.61 Å². The van der Waals surface area contributed by atoms with Gasteiger partial charge >= 0.3 is 0 Å². The Morgan fingerprint density at radius 1 is 1.35 bits per heavy atom. The van der Waals surface area contributed by atoms with Gasteiger partial charge in [0.2, 0.25) is 0 Å². The minimum atomic E-state index is -0.427. The first-order valence-electron chi connectivity index (χ1n) is 5.76. The van der Waals surface area contributed by atoms with Crippen LogP contribution in [0.3, 0.4) is 0 Å². The molecule has 2 aromatic rings. The summed E-state index contributed by atoms with van der Waals surface area (Å²) in [5.74, 6) is 0.740. The molecule has 2 aromatic heterocycles. The van der Waals surface area contributed by atoms with E-state index in [4.69, 9.17) is 4.74 Å². The van der Waals surface area contributed by atoms with Crippen molar-refractivity contribution < 1.29 is 4.74 Å². The second-order valence-electron chi connectivity index (χ2n) is 4.57. The number of rotatable bonds is 3. The molecule has 0 unspecified atom stereocenters. The zero-order valence-electron chi connectivity index (χ0n) is 11.0. The van der Waals surface area contributed by atoms with Crippen LogP contribution in [0.25, 0.3) is 11.0 Å². The first-order valence-corrected chi connectivity index (χ1v) is 5.76. The third kappa shape index (κ3) is 2.02. The number of aryl methyl sites for hydroxylation is 2. The van der Waals surface area contributed by atoms with Crippen molar-refractivity contribution in [2.24, 2.45) is 7.05 Å². The van der Waals surface area contributed by atoms with Crippen molar-refractivity contribution >= 4 is 11.0 Å². The highest BCUT2D eigenvalue weighted by Crippen LogP contribution is 2.28. The fourth-order valence-electron chi connectivity index (χ4n) is 2.02. The Morgan fingerprint density at radius 3 is 2.71 bits per heavy atom. The Hall–Kier alpha value is -1.49. The molecule has 0 N–H and O–H groups in total. The lowest BCUT2D eigenvalue weighted by Gasteiger charge is -2.24. The van der Waals surface area contributed by atoms with Crippen molar-refractivity contribution in [2.45, 2.75) is 33.3 Å². The number of ether oxygens (including phenoxy) is 1. The van der Waals surface area contributed by atoms with Crippen molar-refractivity contribution in [3.63, 3.8) is 0 Å². The Kier molecular flexibility index (Phi) is 2.87. The lowest BCUT2D eigenvalue weighted by molar-refractivity contribution is -0.0162. The highest BCUT2D eigenvalue weighted by atomic mass is 16.5. The zero-order valence-corrected chi connectivity index (χ0v) is 11.0. The molecule has 5 heteroatoms. The molecule has 0 spiro atoms. The minimum absolute atomic E-state index is 0.427. The molecule has 2 rings (SSSR count). The van der Waals surface area contributed by atoms with E-state index in [2.05, 4.69) is 15.1 Å². The van der Waals surface area contributed by atoms with Gasteiger partial charge in [0.25, 0.3) is 0 Å². The molecule has 0 aliphatic rings. The Balaban J connectivity index is 2.68. The molecular formula is C12H18N4O. The van der Waals surface area contributed by atoms with Gasteiger partial charge in [-0.15, -0.1) is 0 Å². The standard InChI is InChI=1S/C12H18N4O/c1-6-17-12(3,4)10-9-7-13-16(5)11(9)15-8(2)14-10/h7H,6H2,1-5H3. The van der Waals surface area contributed by atoms with Crippen LogP contribution >= 0.6 is 0 Å². The van der Waals surface area contributed by atoms with E-state index in [0.717, 1.165) is 22.6 Å². The van der Waals surface area contributed by atoms with Crippen molar-refractivity contribution in [1.29, 1.82) is 0 Å². The van der Waals surface area contributed by atoms with Gasteiger partial charge in [0.1, 0.15) is 11.4 Å². The molecule has 5 nitrogen and oxygen atoms in total. The lowest BCUT2D eigenvalue weighted by atomic mass is 10.0. The Morgan fingerprint density at radius 2 is 2.06 bits per heavy atom. The summed E-state index contributed by atoms with van der Waals surface area (Å²) in [7, 11) is 1.88. The minimum Gasteiger partial charge on any atom is -0.370 e. The summed E-state index contributed by atoms with van der Waals surface area (Å²) >= 11 is 0. The third-order valence-electron chi connectivity index (χ3n) is 2.78. The van der Waals surface area contributed by atoms with Gasteiger partial charge < -0.3 is 4.74 Å². The highest BCUT2D eigenvalue weighted by Gasteiger charge is 2.26. The average Bonchev–Trinajstić information content (AvgIpc) is 2.59. The van der Waals surface area contributed by atoms with Crippen LogP contribution in [0.5, 0.6) is 0 Å². The third-order valence-corrected chi connectivity index (χ3v) is 2.78. The average molecular weight is 234 g/mol. The molecule has 0 atom stereocenters. The molecule has 0 saturated carbocycles. The topological polar surface area (TPSA) is 52.8 Å². The van der Waals surface area contributed by atoms with Crippen LogP contribution in [0.4, 0.5) is 0 Å². The monoisotopic (exact) mass is 234 g/mol. The quantitative estimate of drug-likeness (QED) is 0.814. The van der Waals surface area contributed by atoms with E-state index in [1.54, 1.807) is 10.9 Å². The second kappa shape index (κ2) is 4.07. The van der Waals surface area contributed by atoms with Gasteiger partial charge in [-0.2, -0.15) is 5.10 Å². The smallest absolute Gasteiger partial charge is 0.161 e. The van der Waals surface area contributed by atoms with Gasteiger partial charge in [-0.25, -0.2) is 9.97 Å². The first-order chi connectivity index (χ1) is 7.95. The van der Waals surface area contributed by atoms with E-state index >= 15 is 0 Å². The SMILES string of the molecule is CCOC(C)(C)c1nc(C)nc2c1cnn2C. The predicted molar refractivity (Wildman–Crippen MR) is 65.7 cm³/mol. The number of aromatic nitrogens is 4. The molecule has 92 valence electrons. The van der Waals surface area contributed by atoms with E-state index in [-0.39, 0.29) is 0 Å². The van der Waals surface area contributed by atoms with Crippen LogP contribution in [0.15, 0.2) is 6.20 Å². The van der Waals surface area contributed by atoms with E-state index < -0.39 is 5.60 Å². The van der Waals surface area contributed by atoms with E-state index in [1.807, 2.05) is 34.7 Å². The number of hydrogen-bond donors (Lipinski definition) is 0. The highest BCUT2D eigenvalue weighted by molar-refractivity contribution is 5.78. The van der Waals surface area contributed by atoms with Crippen LogP contribution in [-0.2, 0) is 17.4 Å². The molecule has 0 saturated heterocycles. The van der Waals surface area contributed by atoms with E-state index in [1.165, 1.54) is 0 Å². The normalized spacial score (nSPS) is 12.3. The zero-order chi connectivity index (χ0) is 12.6. The largest absolute Gasteiger partial charge is 0.370 e. The van der Waals surface area contributed by atoms with Gasteiger partial charge in [-0.3, -0.25) is 4.68 Å². The molecule has 2 heterocycles. The van der Waals surface area contributed by atoms with Gasteiger partial charge in [0.15, 0.2) is 5.65 Å². The first kappa shape index (κ1) is 12.0. The summed E-state index contributed by atoms with van der Waals surface area (Å²) in [5.41, 5.74) is 1.32. The molecule has 0 bridgehead atoms. The summed E-state index contributed by atoms with van der Waals surface area (Å²) in [6.07, 6.45) is 1.80. The van der Waals surface area contributed by atoms with Gasteiger partial charge in [-0.05, 0) is 27.7 Å². The maximum atomic E-state index is 5.76. The molecule has 0 radical (unpaired) electrons. The summed E-state index contributed by atoms with van der Waals surface area (Å²) in [4.78, 5) is 8.92. The van der Waals surface area contributed by atoms with Crippen molar-refractivity contribution in [1.82, 2.24) is 19.7 Å². The van der Waals surface area contributed by atoms with Crippen molar-refractivity contribution in [3.05, 3.63) is 17.7 Å². The lowest BCUT2D eigenvalue weighted by Crippen LogP contribution is -2.24. The molecular weight excluding hydrogens is 216 g/mol. The Bertz CT molecular complexity index is 545. The fourth-order valence-corrected chi connectivity index (χ4v) is 2.02. The summed E-state index contributed by atoms with van der Waals surface area (Å²) in [5, 5.41) is 5.18. The van der Waals surface area contributed by atoms with E-state index in [9.17, 15) is 0 Å². The van der Waals surface area contributed by atoms with Crippen molar-refractivity contribution in [3.8, 4) is 0 Å². The molecule has 17 heavy (non-hydrogen) atoms. The van der Waals surface area contributed by atoms with Crippen molar-refractivity contribution in [2.75, 3.05) is 6.61 Å². The molecule has 0 fully saturated rings. The fraction of sp³-hybridized carbons (Fsp3) is 0.583. The van der Waals surface area contributed by atoms with Crippen LogP contribution < -0.4 is 0 Å².